The first-order valence-corrected chi connectivity index (χ1v) is 3.25. The Morgan fingerprint density at radius 2 is 1.83 bits per heavy atom. The summed E-state index contributed by atoms with van der Waals surface area (Å²) in [5, 5.41) is 8.29. The molecule has 0 aliphatic rings. The molecule has 0 atom stereocenters. The fourth-order valence-electron chi connectivity index (χ4n) is 0.732. The summed E-state index contributed by atoms with van der Waals surface area (Å²) in [5.74, 6) is -0.922. The van der Waals surface area contributed by atoms with Crippen LogP contribution in [0.25, 0.3) is 6.08 Å². The topological polar surface area (TPSA) is 37.3 Å². The molecule has 0 aliphatic heterocycles. The fourth-order valence-corrected chi connectivity index (χ4v) is 0.732. The van der Waals surface area contributed by atoms with Crippen molar-refractivity contribution in [3.63, 3.8) is 0 Å². The van der Waals surface area contributed by atoms with E-state index in [-0.39, 0.29) is 23.9 Å². The quantitative estimate of drug-likeness (QED) is 0.649. The Kier molecular flexibility index (Phi) is 5.45. The Hall–Kier alpha value is -0.771. The van der Waals surface area contributed by atoms with Crippen LogP contribution in [-0.4, -0.2) is 35.0 Å². The van der Waals surface area contributed by atoms with E-state index in [1.54, 1.807) is 6.08 Å². The van der Waals surface area contributed by atoms with E-state index >= 15 is 0 Å². The molecule has 0 unspecified atom stereocenters. The van der Waals surface area contributed by atoms with Crippen LogP contribution in [0, 0.1) is 0 Å². The van der Waals surface area contributed by atoms with E-state index in [0.29, 0.717) is 0 Å². The van der Waals surface area contributed by atoms with Gasteiger partial charge in [0.05, 0.1) is 0 Å². The minimum atomic E-state index is -0.922. The molecular weight excluding hydrogens is 259 g/mol. The molecule has 0 aliphatic carbocycles. The van der Waals surface area contributed by atoms with Gasteiger partial charge in [-0.25, -0.2) is 4.79 Å². The number of aliphatic carboxylic acids is 1. The molecule has 0 amide bonds. The molecule has 0 heterocycles. The molecule has 1 N–H and O–H groups in total. The van der Waals surface area contributed by atoms with Crippen LogP contribution >= 0.6 is 0 Å². The van der Waals surface area contributed by atoms with Gasteiger partial charge in [-0.1, -0.05) is 30.3 Å². The van der Waals surface area contributed by atoms with E-state index in [9.17, 15) is 4.79 Å². The van der Waals surface area contributed by atoms with Gasteiger partial charge in [-0.2, -0.15) is 0 Å². The molecule has 0 aromatic heterocycles. The van der Waals surface area contributed by atoms with Gasteiger partial charge in [0, 0.05) is 30.0 Å². The van der Waals surface area contributed by atoms with Crippen molar-refractivity contribution in [3.8, 4) is 0 Å². The van der Waals surface area contributed by atoms with Gasteiger partial charge >= 0.3 is 5.97 Å². The predicted molar refractivity (Wildman–Crippen MR) is 48.9 cm³/mol. The zero-order valence-electron chi connectivity index (χ0n) is 6.40. The number of carbonyl (C=O) groups is 1. The van der Waals surface area contributed by atoms with Crippen LogP contribution in [0.4, 0.5) is 0 Å². The molecular formula is C9H8O2Sn. The summed E-state index contributed by atoms with van der Waals surface area (Å²) in [6.07, 6.45) is 2.68. The number of benzene rings is 1. The molecule has 0 saturated carbocycles. The molecule has 2 nitrogen and oxygen atoms in total. The van der Waals surface area contributed by atoms with Gasteiger partial charge in [0.25, 0.3) is 0 Å². The third kappa shape index (κ3) is 4.18. The van der Waals surface area contributed by atoms with Crippen molar-refractivity contribution >= 4 is 36.0 Å². The summed E-state index contributed by atoms with van der Waals surface area (Å²) >= 11 is 0. The van der Waals surface area contributed by atoms with Crippen LogP contribution in [0.15, 0.2) is 36.4 Å². The van der Waals surface area contributed by atoms with Crippen LogP contribution in [0.1, 0.15) is 5.56 Å². The molecule has 60 valence electrons. The molecule has 12 heavy (non-hydrogen) atoms. The van der Waals surface area contributed by atoms with Crippen LogP contribution in [0.3, 0.4) is 0 Å². The average molecular weight is 267 g/mol. The Balaban J connectivity index is 0.00000121. The van der Waals surface area contributed by atoms with E-state index in [0.717, 1.165) is 11.6 Å². The van der Waals surface area contributed by atoms with Gasteiger partial charge in [-0.3, -0.25) is 0 Å². The first-order chi connectivity index (χ1) is 5.29. The van der Waals surface area contributed by atoms with Crippen LogP contribution in [0.2, 0.25) is 0 Å². The normalized spacial score (nSPS) is 9.33. The van der Waals surface area contributed by atoms with Gasteiger partial charge in [0.2, 0.25) is 0 Å². The summed E-state index contributed by atoms with van der Waals surface area (Å²) in [7, 11) is 0. The standard InChI is InChI=1S/C9H8O2.Sn/c10-9(11)7-6-8-4-2-1-3-5-8;/h1-7H,(H,10,11);. The zero-order chi connectivity index (χ0) is 8.10. The second-order valence-electron chi connectivity index (χ2n) is 2.08. The van der Waals surface area contributed by atoms with E-state index in [4.69, 9.17) is 5.11 Å². The summed E-state index contributed by atoms with van der Waals surface area (Å²) in [6, 6.07) is 9.31. The van der Waals surface area contributed by atoms with E-state index < -0.39 is 5.97 Å². The van der Waals surface area contributed by atoms with Crippen molar-refractivity contribution in [2.75, 3.05) is 0 Å². The second kappa shape index (κ2) is 5.83. The molecule has 1 rings (SSSR count). The maximum atomic E-state index is 10.1. The number of carboxylic acids is 1. The van der Waals surface area contributed by atoms with Crippen molar-refractivity contribution in [1.29, 1.82) is 0 Å². The largest absolute Gasteiger partial charge is 0.478 e. The minimum Gasteiger partial charge on any atom is -0.478 e. The molecule has 0 spiro atoms. The van der Waals surface area contributed by atoms with Crippen LogP contribution in [-0.2, 0) is 4.79 Å². The average Bonchev–Trinajstić information content (AvgIpc) is 2.03. The van der Waals surface area contributed by atoms with Gasteiger partial charge < -0.3 is 5.11 Å². The van der Waals surface area contributed by atoms with Gasteiger partial charge in [0.1, 0.15) is 0 Å². The molecule has 3 heteroatoms. The van der Waals surface area contributed by atoms with Crippen molar-refractivity contribution in [3.05, 3.63) is 42.0 Å². The molecule has 0 fully saturated rings. The third-order valence-electron chi connectivity index (χ3n) is 1.22. The van der Waals surface area contributed by atoms with Crippen molar-refractivity contribution in [2.45, 2.75) is 0 Å². The molecule has 1 aromatic carbocycles. The molecule has 0 bridgehead atoms. The molecule has 4 radical (unpaired) electrons. The Bertz CT molecular complexity index is 267. The van der Waals surface area contributed by atoms with Crippen molar-refractivity contribution in [2.24, 2.45) is 0 Å². The summed E-state index contributed by atoms with van der Waals surface area (Å²) < 4.78 is 0. The van der Waals surface area contributed by atoms with Gasteiger partial charge in [0.15, 0.2) is 0 Å². The third-order valence-corrected chi connectivity index (χ3v) is 1.22. The van der Waals surface area contributed by atoms with E-state index in [2.05, 4.69) is 0 Å². The summed E-state index contributed by atoms with van der Waals surface area (Å²) in [5.41, 5.74) is 0.898. The van der Waals surface area contributed by atoms with Gasteiger partial charge in [-0.15, -0.1) is 0 Å². The van der Waals surface area contributed by atoms with E-state index in [1.165, 1.54) is 0 Å². The molecule has 0 saturated heterocycles. The molecule has 1 aromatic rings. The van der Waals surface area contributed by atoms with Crippen LogP contribution < -0.4 is 0 Å². The zero-order valence-corrected chi connectivity index (χ0v) is 9.25. The number of carboxylic acid groups (broad SMARTS) is 1. The smallest absolute Gasteiger partial charge is 0.328 e. The van der Waals surface area contributed by atoms with Crippen molar-refractivity contribution < 1.29 is 9.90 Å². The number of hydrogen-bond acceptors (Lipinski definition) is 1. The van der Waals surface area contributed by atoms with Crippen molar-refractivity contribution in [1.82, 2.24) is 0 Å². The van der Waals surface area contributed by atoms with Crippen LogP contribution in [0.5, 0.6) is 0 Å². The maximum Gasteiger partial charge on any atom is 0.328 e. The SMILES string of the molecule is O=C(O)C=Cc1ccccc1.[Sn]. The Labute approximate surface area is 87.9 Å². The first-order valence-electron chi connectivity index (χ1n) is 3.25. The van der Waals surface area contributed by atoms with E-state index in [1.807, 2.05) is 30.3 Å². The summed E-state index contributed by atoms with van der Waals surface area (Å²) in [4.78, 5) is 10.1. The Morgan fingerprint density at radius 1 is 1.25 bits per heavy atom. The predicted octanol–water partition coefficient (Wildman–Crippen LogP) is 1.40. The summed E-state index contributed by atoms with van der Waals surface area (Å²) in [6.45, 7) is 0. The first kappa shape index (κ1) is 11.2. The second-order valence-corrected chi connectivity index (χ2v) is 2.08. The number of rotatable bonds is 2. The Morgan fingerprint density at radius 3 is 2.33 bits per heavy atom. The minimum absolute atomic E-state index is 0. The van der Waals surface area contributed by atoms with Gasteiger partial charge in [-0.05, 0) is 11.6 Å². The monoisotopic (exact) mass is 268 g/mol. The maximum absolute atomic E-state index is 10.1. The fraction of sp³-hybridized carbons (Fsp3) is 0. The number of hydrogen-bond donors (Lipinski definition) is 1.